The van der Waals surface area contributed by atoms with Crippen LogP contribution in [0.5, 0.6) is 0 Å². The largest absolute Gasteiger partial charge is 0.334 e. The lowest BCUT2D eigenvalue weighted by Crippen LogP contribution is -2.28. The molecule has 104 valence electrons. The van der Waals surface area contributed by atoms with E-state index in [0.29, 0.717) is 6.54 Å². The van der Waals surface area contributed by atoms with E-state index in [9.17, 15) is 4.79 Å². The minimum absolute atomic E-state index is 0.189. The van der Waals surface area contributed by atoms with Gasteiger partial charge in [0.05, 0.1) is 0 Å². The summed E-state index contributed by atoms with van der Waals surface area (Å²) < 4.78 is 1.01. The molecule has 2 aromatic carbocycles. The number of hydrogen-bond donors (Lipinski definition) is 2. The Morgan fingerprint density at radius 1 is 1.15 bits per heavy atom. The summed E-state index contributed by atoms with van der Waals surface area (Å²) in [6, 6.07) is 15.5. The maximum atomic E-state index is 11.9. The number of urea groups is 1. The van der Waals surface area contributed by atoms with Crippen molar-refractivity contribution in [1.82, 2.24) is 5.32 Å². The number of carbonyl (C=O) groups is 1. The predicted molar refractivity (Wildman–Crippen MR) is 85.8 cm³/mol. The standard InChI is InChI=1S/C16H17BrN2O/c1-2-13-7-3-4-9-15(13)19-16(20)18-11-12-6-5-8-14(17)10-12/h3-10H,2,11H2,1H3,(H2,18,19,20). The third kappa shape index (κ3) is 4.10. The summed E-state index contributed by atoms with van der Waals surface area (Å²) >= 11 is 3.41. The highest BCUT2D eigenvalue weighted by molar-refractivity contribution is 9.10. The van der Waals surface area contributed by atoms with Crippen molar-refractivity contribution in [3.05, 3.63) is 64.1 Å². The monoisotopic (exact) mass is 332 g/mol. The SMILES string of the molecule is CCc1ccccc1NC(=O)NCc1cccc(Br)c1. The number of benzene rings is 2. The van der Waals surface area contributed by atoms with Crippen LogP contribution < -0.4 is 10.6 Å². The quantitative estimate of drug-likeness (QED) is 0.859. The zero-order chi connectivity index (χ0) is 14.4. The number of anilines is 1. The second-order valence-corrected chi connectivity index (χ2v) is 5.36. The molecule has 20 heavy (non-hydrogen) atoms. The molecule has 0 aliphatic heterocycles. The van der Waals surface area contributed by atoms with E-state index in [1.54, 1.807) is 0 Å². The number of rotatable bonds is 4. The average molecular weight is 333 g/mol. The normalized spacial score (nSPS) is 10.1. The van der Waals surface area contributed by atoms with Gasteiger partial charge >= 0.3 is 6.03 Å². The third-order valence-corrected chi connectivity index (χ3v) is 3.48. The van der Waals surface area contributed by atoms with E-state index >= 15 is 0 Å². The molecule has 0 radical (unpaired) electrons. The topological polar surface area (TPSA) is 41.1 Å². The van der Waals surface area contributed by atoms with Crippen LogP contribution in [0.4, 0.5) is 10.5 Å². The highest BCUT2D eigenvalue weighted by Crippen LogP contribution is 2.15. The molecular weight excluding hydrogens is 316 g/mol. The van der Waals surface area contributed by atoms with Gasteiger partial charge in [0, 0.05) is 16.7 Å². The van der Waals surface area contributed by atoms with E-state index in [0.717, 1.165) is 27.7 Å². The van der Waals surface area contributed by atoms with E-state index in [2.05, 4.69) is 33.5 Å². The van der Waals surface area contributed by atoms with Crippen LogP contribution >= 0.6 is 15.9 Å². The molecule has 2 rings (SSSR count). The van der Waals surface area contributed by atoms with Crippen molar-refractivity contribution in [1.29, 1.82) is 0 Å². The van der Waals surface area contributed by atoms with Crippen LogP contribution in [0.25, 0.3) is 0 Å². The Balaban J connectivity index is 1.93. The Kier molecular flexibility index (Phi) is 5.18. The maximum absolute atomic E-state index is 11.9. The summed E-state index contributed by atoms with van der Waals surface area (Å²) in [4.78, 5) is 11.9. The van der Waals surface area contributed by atoms with Crippen LogP contribution in [-0.4, -0.2) is 6.03 Å². The molecule has 2 amide bonds. The van der Waals surface area contributed by atoms with Crippen molar-refractivity contribution in [3.63, 3.8) is 0 Å². The van der Waals surface area contributed by atoms with Gasteiger partial charge in [-0.05, 0) is 35.7 Å². The number of halogens is 1. The second-order valence-electron chi connectivity index (χ2n) is 4.45. The number of amides is 2. The molecular formula is C16H17BrN2O. The van der Waals surface area contributed by atoms with Gasteiger partial charge in [0.2, 0.25) is 0 Å². The molecule has 0 aliphatic rings. The van der Waals surface area contributed by atoms with Crippen LogP contribution in [-0.2, 0) is 13.0 Å². The third-order valence-electron chi connectivity index (χ3n) is 2.99. The molecule has 3 nitrogen and oxygen atoms in total. The van der Waals surface area contributed by atoms with Crippen molar-refractivity contribution >= 4 is 27.6 Å². The Morgan fingerprint density at radius 2 is 1.95 bits per heavy atom. The fourth-order valence-corrected chi connectivity index (χ4v) is 2.39. The van der Waals surface area contributed by atoms with Gasteiger partial charge in [-0.3, -0.25) is 0 Å². The molecule has 0 aromatic heterocycles. The van der Waals surface area contributed by atoms with E-state index in [1.807, 2.05) is 48.5 Å². The number of carbonyl (C=O) groups excluding carboxylic acids is 1. The number of para-hydroxylation sites is 1. The molecule has 2 aromatic rings. The van der Waals surface area contributed by atoms with Gasteiger partial charge in [0.15, 0.2) is 0 Å². The van der Waals surface area contributed by atoms with Crippen molar-refractivity contribution in [2.75, 3.05) is 5.32 Å². The lowest BCUT2D eigenvalue weighted by atomic mass is 10.1. The van der Waals surface area contributed by atoms with Gasteiger partial charge in [-0.15, -0.1) is 0 Å². The molecule has 0 bridgehead atoms. The number of aryl methyl sites for hydroxylation is 1. The van der Waals surface area contributed by atoms with Gasteiger partial charge < -0.3 is 10.6 Å². The Bertz CT molecular complexity index is 599. The zero-order valence-corrected chi connectivity index (χ0v) is 12.9. The van der Waals surface area contributed by atoms with Gasteiger partial charge in [0.1, 0.15) is 0 Å². The van der Waals surface area contributed by atoms with Crippen molar-refractivity contribution < 1.29 is 4.79 Å². The molecule has 0 unspecified atom stereocenters. The number of hydrogen-bond acceptors (Lipinski definition) is 1. The van der Waals surface area contributed by atoms with Crippen LogP contribution in [0.15, 0.2) is 53.0 Å². The zero-order valence-electron chi connectivity index (χ0n) is 11.3. The highest BCUT2D eigenvalue weighted by Gasteiger charge is 2.04. The summed E-state index contributed by atoms with van der Waals surface area (Å²) in [5, 5.41) is 5.74. The summed E-state index contributed by atoms with van der Waals surface area (Å²) in [7, 11) is 0. The van der Waals surface area contributed by atoms with E-state index in [4.69, 9.17) is 0 Å². The first kappa shape index (κ1) is 14.6. The molecule has 0 spiro atoms. The highest BCUT2D eigenvalue weighted by atomic mass is 79.9. The fourth-order valence-electron chi connectivity index (χ4n) is 1.95. The van der Waals surface area contributed by atoms with Crippen LogP contribution in [0, 0.1) is 0 Å². The Morgan fingerprint density at radius 3 is 2.70 bits per heavy atom. The minimum Gasteiger partial charge on any atom is -0.334 e. The van der Waals surface area contributed by atoms with Crippen molar-refractivity contribution in [3.8, 4) is 0 Å². The first-order chi connectivity index (χ1) is 9.69. The number of nitrogens with one attached hydrogen (secondary N) is 2. The minimum atomic E-state index is -0.189. The molecule has 0 aliphatic carbocycles. The van der Waals surface area contributed by atoms with Gasteiger partial charge in [-0.1, -0.05) is 53.2 Å². The van der Waals surface area contributed by atoms with E-state index < -0.39 is 0 Å². The van der Waals surface area contributed by atoms with Gasteiger partial charge in [0.25, 0.3) is 0 Å². The van der Waals surface area contributed by atoms with Gasteiger partial charge in [-0.25, -0.2) is 4.79 Å². The van der Waals surface area contributed by atoms with Gasteiger partial charge in [-0.2, -0.15) is 0 Å². The molecule has 2 N–H and O–H groups in total. The summed E-state index contributed by atoms with van der Waals surface area (Å²) in [5.74, 6) is 0. The lowest BCUT2D eigenvalue weighted by molar-refractivity contribution is 0.251. The maximum Gasteiger partial charge on any atom is 0.319 e. The molecule has 0 atom stereocenters. The first-order valence-electron chi connectivity index (χ1n) is 6.56. The molecule has 0 fully saturated rings. The molecule has 0 saturated heterocycles. The van der Waals surface area contributed by atoms with Crippen molar-refractivity contribution in [2.24, 2.45) is 0 Å². The fraction of sp³-hybridized carbons (Fsp3) is 0.188. The molecule has 4 heteroatoms. The summed E-state index contributed by atoms with van der Waals surface area (Å²) in [5.41, 5.74) is 3.05. The smallest absolute Gasteiger partial charge is 0.319 e. The van der Waals surface area contributed by atoms with Crippen molar-refractivity contribution in [2.45, 2.75) is 19.9 Å². The first-order valence-corrected chi connectivity index (χ1v) is 7.35. The van der Waals surface area contributed by atoms with Crippen LogP contribution in [0.2, 0.25) is 0 Å². The summed E-state index contributed by atoms with van der Waals surface area (Å²) in [6.45, 7) is 2.57. The molecule has 0 heterocycles. The molecule has 0 saturated carbocycles. The average Bonchev–Trinajstić information content (AvgIpc) is 2.46. The van der Waals surface area contributed by atoms with Crippen LogP contribution in [0.1, 0.15) is 18.1 Å². The predicted octanol–water partition coefficient (Wildman–Crippen LogP) is 4.33. The Labute approximate surface area is 127 Å². The van der Waals surface area contributed by atoms with E-state index in [-0.39, 0.29) is 6.03 Å². The Hall–Kier alpha value is -1.81. The van der Waals surface area contributed by atoms with Crippen LogP contribution in [0.3, 0.4) is 0 Å². The second kappa shape index (κ2) is 7.10. The lowest BCUT2D eigenvalue weighted by Gasteiger charge is -2.11. The van der Waals surface area contributed by atoms with E-state index in [1.165, 1.54) is 0 Å². The summed E-state index contributed by atoms with van der Waals surface area (Å²) in [6.07, 6.45) is 0.891.